The number of likely N-dealkylation sites (tertiary alicyclic amines) is 1. The van der Waals surface area contributed by atoms with Gasteiger partial charge in [0.2, 0.25) is 12.2 Å². The molecule has 0 spiro atoms. The zero-order valence-corrected chi connectivity index (χ0v) is 12.3. The lowest BCUT2D eigenvalue weighted by Gasteiger charge is -2.28. The van der Waals surface area contributed by atoms with Crippen LogP contribution in [0.2, 0.25) is 0 Å². The normalized spacial score (nSPS) is 25.6. The molecule has 2 aromatic heterocycles. The fourth-order valence-corrected chi connectivity index (χ4v) is 3.28. The molecule has 0 aliphatic carbocycles. The number of hydrogen-bond donors (Lipinski definition) is 1. The van der Waals surface area contributed by atoms with Crippen LogP contribution < -0.4 is 5.32 Å². The monoisotopic (exact) mass is 301 g/mol. The quantitative estimate of drug-likeness (QED) is 0.914. The van der Waals surface area contributed by atoms with Crippen LogP contribution in [0.1, 0.15) is 12.8 Å². The van der Waals surface area contributed by atoms with Crippen LogP contribution >= 0.6 is 0 Å². The smallest absolute Gasteiger partial charge is 0.214 e. The number of nitrogens with one attached hydrogen (secondary N) is 1. The minimum Gasteiger partial charge on any atom is -0.378 e. The standard InChI is InChI=1S/C15H19N5O2/c1-2-7-20(6-1)13-9-21-8-12(13)18-14-11(4-3-5-16-14)15-17-10-22-19-15/h3-5,10,12-13H,1-2,6-9H2,(H,16,18). The number of aromatic nitrogens is 3. The van der Waals surface area contributed by atoms with Gasteiger partial charge in [0.25, 0.3) is 0 Å². The maximum absolute atomic E-state index is 5.70. The Morgan fingerprint density at radius 1 is 1.18 bits per heavy atom. The zero-order chi connectivity index (χ0) is 14.8. The second-order valence-corrected chi connectivity index (χ2v) is 5.75. The molecule has 2 aromatic rings. The van der Waals surface area contributed by atoms with Crippen molar-refractivity contribution in [1.82, 2.24) is 20.0 Å². The largest absolute Gasteiger partial charge is 0.378 e. The molecule has 7 nitrogen and oxygen atoms in total. The molecule has 2 saturated heterocycles. The summed E-state index contributed by atoms with van der Waals surface area (Å²) >= 11 is 0. The van der Waals surface area contributed by atoms with Gasteiger partial charge in [-0.3, -0.25) is 4.90 Å². The van der Waals surface area contributed by atoms with E-state index in [9.17, 15) is 0 Å². The molecule has 1 N–H and O–H groups in total. The molecule has 2 aliphatic heterocycles. The van der Waals surface area contributed by atoms with E-state index in [1.54, 1.807) is 6.20 Å². The summed E-state index contributed by atoms with van der Waals surface area (Å²) in [4.78, 5) is 11.1. The highest BCUT2D eigenvalue weighted by molar-refractivity contribution is 5.69. The highest BCUT2D eigenvalue weighted by Crippen LogP contribution is 2.26. The SMILES string of the molecule is c1cnc(NC2COCC2N2CCCC2)c(-c2ncon2)c1. The fourth-order valence-electron chi connectivity index (χ4n) is 3.28. The molecular formula is C15H19N5O2. The van der Waals surface area contributed by atoms with Crippen LogP contribution in [0.5, 0.6) is 0 Å². The highest BCUT2D eigenvalue weighted by Gasteiger charge is 2.35. The Hall–Kier alpha value is -1.99. The topological polar surface area (TPSA) is 76.3 Å². The van der Waals surface area contributed by atoms with Crippen LogP contribution in [-0.4, -0.2) is 58.4 Å². The lowest BCUT2D eigenvalue weighted by Crippen LogP contribution is -2.45. The Balaban J connectivity index is 1.55. The third-order valence-electron chi connectivity index (χ3n) is 4.39. The van der Waals surface area contributed by atoms with Crippen LogP contribution in [0, 0.1) is 0 Å². The third kappa shape index (κ3) is 2.57. The second-order valence-electron chi connectivity index (χ2n) is 5.75. The Morgan fingerprint density at radius 2 is 2.09 bits per heavy atom. The molecule has 0 saturated carbocycles. The number of hydrogen-bond acceptors (Lipinski definition) is 7. The van der Waals surface area contributed by atoms with E-state index in [2.05, 4.69) is 25.3 Å². The predicted molar refractivity (Wildman–Crippen MR) is 80.4 cm³/mol. The van der Waals surface area contributed by atoms with Gasteiger partial charge in [-0.05, 0) is 38.1 Å². The Kier molecular flexibility index (Phi) is 3.74. The summed E-state index contributed by atoms with van der Waals surface area (Å²) < 4.78 is 10.5. The van der Waals surface area contributed by atoms with Gasteiger partial charge < -0.3 is 14.6 Å². The molecule has 7 heteroatoms. The molecule has 4 rings (SSSR count). The van der Waals surface area contributed by atoms with Gasteiger partial charge in [-0.15, -0.1) is 0 Å². The molecule has 0 radical (unpaired) electrons. The van der Waals surface area contributed by atoms with Crippen molar-refractivity contribution in [2.24, 2.45) is 0 Å². The van der Waals surface area contributed by atoms with Crippen molar-refractivity contribution in [2.45, 2.75) is 24.9 Å². The number of ether oxygens (including phenoxy) is 1. The van der Waals surface area contributed by atoms with E-state index in [4.69, 9.17) is 9.26 Å². The van der Waals surface area contributed by atoms with Gasteiger partial charge in [0.15, 0.2) is 0 Å². The van der Waals surface area contributed by atoms with Gasteiger partial charge in [-0.1, -0.05) is 5.16 Å². The van der Waals surface area contributed by atoms with Gasteiger partial charge >= 0.3 is 0 Å². The average Bonchev–Trinajstić information content (AvgIpc) is 3.30. The Morgan fingerprint density at radius 3 is 2.91 bits per heavy atom. The fraction of sp³-hybridized carbons (Fsp3) is 0.533. The molecule has 0 aromatic carbocycles. The van der Waals surface area contributed by atoms with E-state index in [-0.39, 0.29) is 6.04 Å². The summed E-state index contributed by atoms with van der Waals surface area (Å²) in [5.41, 5.74) is 0.850. The lowest BCUT2D eigenvalue weighted by atomic mass is 10.1. The van der Waals surface area contributed by atoms with E-state index in [1.165, 1.54) is 19.2 Å². The summed E-state index contributed by atoms with van der Waals surface area (Å²) in [5.74, 6) is 1.33. The Bertz CT molecular complexity index is 612. The molecule has 4 heterocycles. The second kappa shape index (κ2) is 6.02. The number of rotatable bonds is 4. The highest BCUT2D eigenvalue weighted by atomic mass is 16.5. The van der Waals surface area contributed by atoms with Crippen LogP contribution in [0.4, 0.5) is 5.82 Å². The summed E-state index contributed by atoms with van der Waals surface area (Å²) in [5, 5.41) is 7.44. The van der Waals surface area contributed by atoms with Crippen molar-refractivity contribution >= 4 is 5.82 Å². The van der Waals surface area contributed by atoms with Crippen LogP contribution in [0.3, 0.4) is 0 Å². The number of nitrogens with zero attached hydrogens (tertiary/aromatic N) is 4. The summed E-state index contributed by atoms with van der Waals surface area (Å²) in [7, 11) is 0. The van der Waals surface area contributed by atoms with E-state index in [0.29, 0.717) is 18.5 Å². The van der Waals surface area contributed by atoms with Crippen LogP contribution in [-0.2, 0) is 4.74 Å². The van der Waals surface area contributed by atoms with Gasteiger partial charge in [0, 0.05) is 6.20 Å². The van der Waals surface area contributed by atoms with E-state index in [0.717, 1.165) is 31.1 Å². The third-order valence-corrected chi connectivity index (χ3v) is 4.39. The molecule has 0 amide bonds. The minimum absolute atomic E-state index is 0.235. The number of pyridine rings is 1. The van der Waals surface area contributed by atoms with Crippen molar-refractivity contribution in [3.63, 3.8) is 0 Å². The first-order valence-electron chi connectivity index (χ1n) is 7.72. The van der Waals surface area contributed by atoms with E-state index in [1.807, 2.05) is 12.1 Å². The average molecular weight is 301 g/mol. The Labute approximate surface area is 128 Å². The zero-order valence-electron chi connectivity index (χ0n) is 12.3. The van der Waals surface area contributed by atoms with Crippen molar-refractivity contribution in [1.29, 1.82) is 0 Å². The van der Waals surface area contributed by atoms with Gasteiger partial charge in [-0.2, -0.15) is 4.98 Å². The molecule has 2 aliphatic rings. The van der Waals surface area contributed by atoms with Crippen LogP contribution in [0.25, 0.3) is 11.4 Å². The lowest BCUT2D eigenvalue weighted by molar-refractivity contribution is 0.159. The van der Waals surface area contributed by atoms with Crippen LogP contribution in [0.15, 0.2) is 29.2 Å². The van der Waals surface area contributed by atoms with Crippen molar-refractivity contribution in [3.05, 3.63) is 24.7 Å². The molecular weight excluding hydrogens is 282 g/mol. The molecule has 22 heavy (non-hydrogen) atoms. The summed E-state index contributed by atoms with van der Waals surface area (Å²) in [6.45, 7) is 3.80. The first-order valence-corrected chi connectivity index (χ1v) is 7.72. The summed E-state index contributed by atoms with van der Waals surface area (Å²) in [6, 6.07) is 4.46. The van der Waals surface area contributed by atoms with Crippen molar-refractivity contribution < 1.29 is 9.26 Å². The van der Waals surface area contributed by atoms with Gasteiger partial charge in [-0.25, -0.2) is 4.98 Å². The van der Waals surface area contributed by atoms with Gasteiger partial charge in [0.05, 0.1) is 30.9 Å². The van der Waals surface area contributed by atoms with E-state index >= 15 is 0 Å². The molecule has 0 bridgehead atoms. The molecule has 2 atom stereocenters. The molecule has 2 unspecified atom stereocenters. The minimum atomic E-state index is 0.235. The summed E-state index contributed by atoms with van der Waals surface area (Å²) in [6.07, 6.45) is 5.66. The maximum atomic E-state index is 5.70. The van der Waals surface area contributed by atoms with E-state index < -0.39 is 0 Å². The van der Waals surface area contributed by atoms with Gasteiger partial charge in [0.1, 0.15) is 5.82 Å². The predicted octanol–water partition coefficient (Wildman–Crippen LogP) is 1.41. The van der Waals surface area contributed by atoms with Crippen molar-refractivity contribution in [2.75, 3.05) is 31.6 Å². The molecule has 2 fully saturated rings. The maximum Gasteiger partial charge on any atom is 0.214 e. The number of anilines is 1. The molecule has 116 valence electrons. The van der Waals surface area contributed by atoms with Crippen molar-refractivity contribution in [3.8, 4) is 11.4 Å². The first kappa shape index (κ1) is 13.7. The first-order chi connectivity index (χ1) is 10.9.